The molecule has 0 aliphatic heterocycles. The lowest BCUT2D eigenvalue weighted by Crippen LogP contribution is -2.04. The van der Waals surface area contributed by atoms with Crippen LogP contribution in [0.1, 0.15) is 11.6 Å². The lowest BCUT2D eigenvalue weighted by atomic mass is 9.98. The Morgan fingerprint density at radius 2 is 0.828 bits per heavy atom. The van der Waals surface area contributed by atoms with Gasteiger partial charge in [-0.3, -0.25) is 0 Å². The minimum Gasteiger partial charge on any atom is -0.309 e. The molecule has 0 aliphatic carbocycles. The van der Waals surface area contributed by atoms with E-state index in [9.17, 15) is 0 Å². The summed E-state index contributed by atoms with van der Waals surface area (Å²) in [5.74, 6) is 3.80. The summed E-state index contributed by atoms with van der Waals surface area (Å²) in [4.78, 5) is 29.6. The molecule has 8 nitrogen and oxygen atoms in total. The average molecular weight is 823 g/mol. The zero-order valence-electron chi connectivity index (χ0n) is 35.1. The Morgan fingerprint density at radius 1 is 0.312 bits per heavy atom. The van der Waals surface area contributed by atoms with Gasteiger partial charge in [0.2, 0.25) is 0 Å². The monoisotopic (exact) mass is 822 g/mol. The number of aromatic nitrogens is 8. The molecule has 0 unspecified atom stereocenters. The highest BCUT2D eigenvalue weighted by atomic mass is 15.1. The summed E-state index contributed by atoms with van der Waals surface area (Å²) in [6, 6.07) is 68.0. The molecule has 0 bridgehead atoms. The fourth-order valence-electron chi connectivity index (χ4n) is 9.22. The van der Waals surface area contributed by atoms with Crippen LogP contribution >= 0.6 is 0 Å². The van der Waals surface area contributed by atoms with Gasteiger partial charge in [-0.25, -0.2) is 29.9 Å². The molecule has 302 valence electrons. The average Bonchev–Trinajstić information content (AvgIpc) is 3.87. The molecule has 0 N–H and O–H groups in total. The second-order valence-corrected chi connectivity index (χ2v) is 16.0. The van der Waals surface area contributed by atoms with E-state index in [2.05, 4.69) is 148 Å². The van der Waals surface area contributed by atoms with Crippen LogP contribution in [0, 0.1) is 13.8 Å². The van der Waals surface area contributed by atoms with Gasteiger partial charge in [0.15, 0.2) is 23.3 Å². The highest BCUT2D eigenvalue weighted by Gasteiger charge is 2.23. The van der Waals surface area contributed by atoms with Crippen LogP contribution in [0.15, 0.2) is 194 Å². The molecule has 0 saturated carbocycles. The van der Waals surface area contributed by atoms with Crippen LogP contribution in [0.4, 0.5) is 0 Å². The van der Waals surface area contributed by atoms with Gasteiger partial charge < -0.3 is 9.13 Å². The molecular weight excluding hydrogens is 785 g/mol. The Kier molecular flexibility index (Phi) is 8.76. The Labute approximate surface area is 368 Å². The fraction of sp³-hybridized carbons (Fsp3) is 0.0357. The molecule has 8 aromatic carbocycles. The summed E-state index contributed by atoms with van der Waals surface area (Å²) in [6.45, 7) is 3.81. The summed E-state index contributed by atoms with van der Waals surface area (Å²) in [5, 5.41) is 4.58. The second-order valence-electron chi connectivity index (χ2n) is 16.0. The first kappa shape index (κ1) is 37.2. The molecule has 12 rings (SSSR count). The molecule has 0 fully saturated rings. The second kappa shape index (κ2) is 15.1. The van der Waals surface area contributed by atoms with Gasteiger partial charge in [-0.15, -0.1) is 0 Å². The molecule has 0 spiro atoms. The summed E-state index contributed by atoms with van der Waals surface area (Å²) in [6.07, 6.45) is 0. The van der Waals surface area contributed by atoms with Gasteiger partial charge in [-0.05, 0) is 74.0 Å². The van der Waals surface area contributed by atoms with Crippen molar-refractivity contribution in [3.8, 4) is 68.1 Å². The van der Waals surface area contributed by atoms with E-state index in [1.54, 1.807) is 0 Å². The number of benzene rings is 8. The van der Waals surface area contributed by atoms with E-state index < -0.39 is 0 Å². The molecule has 12 aromatic rings. The quantitative estimate of drug-likeness (QED) is 0.159. The van der Waals surface area contributed by atoms with Crippen molar-refractivity contribution in [2.45, 2.75) is 13.8 Å². The first-order chi connectivity index (χ1) is 31.6. The Morgan fingerprint density at radius 3 is 1.50 bits per heavy atom. The third-order valence-corrected chi connectivity index (χ3v) is 12.0. The van der Waals surface area contributed by atoms with Crippen molar-refractivity contribution in [1.29, 1.82) is 0 Å². The summed E-state index contributed by atoms with van der Waals surface area (Å²) >= 11 is 0. The topological polar surface area (TPSA) is 87.2 Å². The minimum absolute atomic E-state index is 0.569. The third-order valence-electron chi connectivity index (χ3n) is 12.0. The van der Waals surface area contributed by atoms with Gasteiger partial charge in [-0.1, -0.05) is 140 Å². The number of fused-ring (bicyclic) bond motifs is 6. The molecule has 0 atom stereocenters. The molecule has 4 aromatic heterocycles. The van der Waals surface area contributed by atoms with Crippen LogP contribution in [-0.2, 0) is 0 Å². The van der Waals surface area contributed by atoms with E-state index in [0.29, 0.717) is 34.9 Å². The Balaban J connectivity index is 1.17. The van der Waals surface area contributed by atoms with Crippen molar-refractivity contribution in [1.82, 2.24) is 39.0 Å². The van der Waals surface area contributed by atoms with Crippen molar-refractivity contribution in [3.05, 3.63) is 206 Å². The Bertz CT molecular complexity index is 3670. The Hall–Kier alpha value is -8.62. The number of nitrogens with zero attached hydrogens (tertiary/aromatic N) is 8. The zero-order chi connectivity index (χ0) is 42.7. The predicted molar refractivity (Wildman–Crippen MR) is 259 cm³/mol. The van der Waals surface area contributed by atoms with Crippen molar-refractivity contribution < 1.29 is 0 Å². The van der Waals surface area contributed by atoms with E-state index in [4.69, 9.17) is 24.9 Å². The van der Waals surface area contributed by atoms with Crippen LogP contribution < -0.4 is 0 Å². The number of rotatable bonds is 7. The standard InChI is InChI=1S/C56H38N8/c1-35-57-36(2)59-55(58-35)40-30-32-50-46(34-40)44-24-13-15-28-49(44)64(50)51-31-29-39(42-25-16-26-45-43-23-12-14-27-48(43)63(52(42)45)41-21-10-5-11-22-41)33-47(51)56-61-53(37-17-6-3-7-18-37)60-54(62-56)38-19-8-4-9-20-38/h3-34H,1-2H3. The van der Waals surface area contributed by atoms with Crippen LogP contribution in [0.25, 0.3) is 112 Å². The van der Waals surface area contributed by atoms with Gasteiger partial charge >= 0.3 is 0 Å². The number of hydrogen-bond acceptors (Lipinski definition) is 6. The summed E-state index contributed by atoms with van der Waals surface area (Å²) < 4.78 is 4.73. The maximum Gasteiger partial charge on any atom is 0.166 e. The molecule has 0 saturated heterocycles. The van der Waals surface area contributed by atoms with E-state index >= 15 is 0 Å². The third kappa shape index (κ3) is 6.23. The van der Waals surface area contributed by atoms with Crippen LogP contribution in [-0.4, -0.2) is 39.0 Å². The van der Waals surface area contributed by atoms with Crippen molar-refractivity contribution in [3.63, 3.8) is 0 Å². The highest BCUT2D eigenvalue weighted by Crippen LogP contribution is 2.42. The lowest BCUT2D eigenvalue weighted by Gasteiger charge is -2.17. The van der Waals surface area contributed by atoms with Crippen molar-refractivity contribution in [2.24, 2.45) is 0 Å². The molecule has 64 heavy (non-hydrogen) atoms. The van der Waals surface area contributed by atoms with Crippen LogP contribution in [0.3, 0.4) is 0 Å². The molecular formula is C56H38N8. The minimum atomic E-state index is 0.569. The van der Waals surface area contributed by atoms with Crippen molar-refractivity contribution in [2.75, 3.05) is 0 Å². The molecule has 8 heteroatoms. The van der Waals surface area contributed by atoms with Gasteiger partial charge in [0.1, 0.15) is 11.6 Å². The largest absolute Gasteiger partial charge is 0.309 e. The fourth-order valence-corrected chi connectivity index (χ4v) is 9.22. The molecule has 0 amide bonds. The van der Waals surface area contributed by atoms with Gasteiger partial charge in [0.25, 0.3) is 0 Å². The summed E-state index contributed by atoms with van der Waals surface area (Å²) in [5.41, 5.74) is 12.2. The maximum atomic E-state index is 5.33. The van der Waals surface area contributed by atoms with Gasteiger partial charge in [-0.2, -0.15) is 0 Å². The number of para-hydroxylation sites is 4. The summed E-state index contributed by atoms with van der Waals surface area (Å²) in [7, 11) is 0. The molecule has 0 radical (unpaired) electrons. The molecule has 4 heterocycles. The van der Waals surface area contributed by atoms with Crippen LogP contribution in [0.2, 0.25) is 0 Å². The normalized spacial score (nSPS) is 11.6. The molecule has 0 aliphatic rings. The first-order valence-electron chi connectivity index (χ1n) is 21.4. The zero-order valence-corrected chi connectivity index (χ0v) is 35.1. The van der Waals surface area contributed by atoms with E-state index in [0.717, 1.165) is 77.6 Å². The maximum absolute atomic E-state index is 5.33. The number of hydrogen-bond donors (Lipinski definition) is 0. The SMILES string of the molecule is Cc1nc(C)nc(-c2ccc3c(c2)c2ccccc2n3-c2ccc(-c3cccc4c5ccccc5n(-c5ccccc5)c34)cc2-c2nc(-c3ccccc3)nc(-c3ccccc3)n2)n1. The highest BCUT2D eigenvalue weighted by molar-refractivity contribution is 6.14. The lowest BCUT2D eigenvalue weighted by molar-refractivity contribution is 0.929. The van der Waals surface area contributed by atoms with Crippen LogP contribution in [0.5, 0.6) is 0 Å². The number of aryl methyl sites for hydroxylation is 2. The van der Waals surface area contributed by atoms with Gasteiger partial charge in [0.05, 0.1) is 27.8 Å². The van der Waals surface area contributed by atoms with Crippen molar-refractivity contribution >= 4 is 43.6 Å². The van der Waals surface area contributed by atoms with E-state index in [1.807, 2.05) is 74.5 Å². The van der Waals surface area contributed by atoms with Gasteiger partial charge in [0, 0.05) is 55.0 Å². The first-order valence-corrected chi connectivity index (χ1v) is 21.4. The van der Waals surface area contributed by atoms with E-state index in [1.165, 1.54) is 10.8 Å². The smallest absolute Gasteiger partial charge is 0.166 e. The van der Waals surface area contributed by atoms with E-state index in [-0.39, 0.29) is 0 Å². The predicted octanol–water partition coefficient (Wildman–Crippen LogP) is 13.2.